The van der Waals surface area contributed by atoms with E-state index in [-0.39, 0.29) is 23.2 Å². The second kappa shape index (κ2) is 10.2. The molecule has 8 heteroatoms. The number of rotatable bonds is 4. The Hall–Kier alpha value is -3.23. The number of methoxy groups -OCH3 is 1. The molecule has 1 N–H and O–H groups in total. The minimum Gasteiger partial charge on any atom is -0.469 e. The van der Waals surface area contributed by atoms with Crippen molar-refractivity contribution in [3.63, 3.8) is 0 Å². The van der Waals surface area contributed by atoms with Crippen molar-refractivity contribution in [1.82, 2.24) is 10.3 Å². The smallest absolute Gasteiger partial charge is 0.312 e. The topological polar surface area (TPSA) is 80.7 Å². The Bertz CT molecular complexity index is 1620. The summed E-state index contributed by atoms with van der Waals surface area (Å²) in [4.78, 5) is 37.7. The van der Waals surface area contributed by atoms with Gasteiger partial charge in [-0.05, 0) is 73.2 Å². The lowest BCUT2D eigenvalue weighted by molar-refractivity contribution is -0.157. The lowest BCUT2D eigenvalue weighted by Crippen LogP contribution is -2.50. The Balaban J connectivity index is 1.45. The van der Waals surface area contributed by atoms with Gasteiger partial charge in [-0.15, -0.1) is 0 Å². The van der Waals surface area contributed by atoms with Gasteiger partial charge in [-0.25, -0.2) is 4.98 Å². The van der Waals surface area contributed by atoms with Gasteiger partial charge in [-0.1, -0.05) is 80.5 Å². The van der Waals surface area contributed by atoms with Gasteiger partial charge in [0.15, 0.2) is 5.17 Å². The minimum absolute atomic E-state index is 0.0853. The van der Waals surface area contributed by atoms with Crippen molar-refractivity contribution < 1.29 is 14.3 Å². The van der Waals surface area contributed by atoms with E-state index in [9.17, 15) is 9.59 Å². The number of hydrogen-bond acceptors (Lipinski definition) is 7. The summed E-state index contributed by atoms with van der Waals surface area (Å²) in [5.74, 6) is -0.0471. The summed E-state index contributed by atoms with van der Waals surface area (Å²) in [6.45, 7) is 10.8. The van der Waals surface area contributed by atoms with Gasteiger partial charge in [-0.3, -0.25) is 9.59 Å². The van der Waals surface area contributed by atoms with Crippen LogP contribution in [0.3, 0.4) is 0 Å². The van der Waals surface area contributed by atoms with Crippen molar-refractivity contribution >= 4 is 51.4 Å². The van der Waals surface area contributed by atoms with Crippen LogP contribution >= 0.6 is 23.1 Å². The number of aliphatic imine (C=N–C) groups is 1. The third-order valence-electron chi connectivity index (χ3n) is 9.03. The molecule has 2 aliphatic carbocycles. The Morgan fingerprint density at radius 2 is 1.93 bits per heavy atom. The molecule has 3 aromatic rings. The van der Waals surface area contributed by atoms with Crippen LogP contribution in [0.5, 0.6) is 0 Å². The molecule has 6 rings (SSSR count). The summed E-state index contributed by atoms with van der Waals surface area (Å²) in [6, 6.07) is 14.8. The largest absolute Gasteiger partial charge is 0.469 e. The number of nitrogens with one attached hydrogen (secondary N) is 1. The third kappa shape index (κ3) is 4.65. The number of ether oxygens (including phenoxy) is 1. The van der Waals surface area contributed by atoms with E-state index in [0.29, 0.717) is 21.1 Å². The standard InChI is InChI=1S/C33H35N3O3S2/c1-18(2)21-12-13-23-22(17-21)25-26(27-32(23,4)14-7-15-33(27,5)29(38)39-6)41-30(34-25)36-31-35-28(37)24(40-31)16-20-10-8-19(3)9-11-20/h8-13,16-18,27H,7,14-15H2,1-6H3,(H,34,35,36,37)/b24-16-/t27?,32-,33-/m1/s1. The predicted molar refractivity (Wildman–Crippen MR) is 168 cm³/mol. The minimum atomic E-state index is -0.678. The van der Waals surface area contributed by atoms with Crippen LogP contribution in [-0.2, 0) is 19.7 Å². The van der Waals surface area contributed by atoms with Crippen molar-refractivity contribution in [1.29, 1.82) is 0 Å². The van der Waals surface area contributed by atoms with E-state index in [2.05, 4.69) is 51.2 Å². The average Bonchev–Trinajstić information content (AvgIpc) is 3.51. The second-order valence-electron chi connectivity index (χ2n) is 12.2. The van der Waals surface area contributed by atoms with Crippen molar-refractivity contribution in [3.8, 4) is 11.3 Å². The number of amides is 1. The van der Waals surface area contributed by atoms with Gasteiger partial charge >= 0.3 is 5.97 Å². The summed E-state index contributed by atoms with van der Waals surface area (Å²) >= 11 is 2.86. The molecule has 1 unspecified atom stereocenters. The molecule has 2 fully saturated rings. The van der Waals surface area contributed by atoms with Crippen LogP contribution in [0.2, 0.25) is 0 Å². The number of fused-ring (bicyclic) bond motifs is 6. The Kier molecular flexibility index (Phi) is 6.97. The van der Waals surface area contributed by atoms with Crippen molar-refractivity contribution in [2.75, 3.05) is 7.11 Å². The number of thiazole rings is 1. The fourth-order valence-electron chi connectivity index (χ4n) is 6.89. The summed E-state index contributed by atoms with van der Waals surface area (Å²) in [5, 5.41) is 4.01. The SMILES string of the molecule is COC(=O)[C@]1(C)CCC[C@]2(C)c3ccc(C(C)C)cc3-c3nc(/N=C4\NC(=O)/C(=C/c5ccc(C)cc5)S4)sc3C12. The highest BCUT2D eigenvalue weighted by atomic mass is 32.2. The number of carbonyl (C=O) groups is 2. The average molecular weight is 586 g/mol. The normalized spacial score (nSPS) is 27.0. The van der Waals surface area contributed by atoms with Gasteiger partial charge in [0, 0.05) is 21.8 Å². The Morgan fingerprint density at radius 3 is 2.63 bits per heavy atom. The van der Waals surface area contributed by atoms with Crippen molar-refractivity contribution in [2.24, 2.45) is 10.4 Å². The Labute approximate surface area is 249 Å². The summed E-state index contributed by atoms with van der Waals surface area (Å²) < 4.78 is 5.39. The number of benzene rings is 2. The molecule has 3 atom stereocenters. The maximum atomic E-state index is 13.4. The first-order valence-electron chi connectivity index (χ1n) is 14.1. The number of thioether (sulfide) groups is 1. The molecule has 0 bridgehead atoms. The van der Waals surface area contributed by atoms with Gasteiger partial charge in [-0.2, -0.15) is 4.99 Å². The van der Waals surface area contributed by atoms with E-state index < -0.39 is 5.41 Å². The molecule has 6 nitrogen and oxygen atoms in total. The van der Waals surface area contributed by atoms with Crippen molar-refractivity contribution in [2.45, 2.75) is 71.1 Å². The van der Waals surface area contributed by atoms with Gasteiger partial charge in [0.2, 0.25) is 5.13 Å². The quantitative estimate of drug-likeness (QED) is 0.249. The second-order valence-corrected chi connectivity index (χ2v) is 14.2. The highest BCUT2D eigenvalue weighted by Gasteiger charge is 2.58. The molecule has 0 spiro atoms. The number of esters is 1. The zero-order valence-corrected chi connectivity index (χ0v) is 26.0. The van der Waals surface area contributed by atoms with E-state index in [0.717, 1.165) is 41.0 Å². The summed E-state index contributed by atoms with van der Waals surface area (Å²) in [5.41, 5.74) is 5.75. The van der Waals surface area contributed by atoms with Crippen molar-refractivity contribution in [3.05, 3.63) is 74.5 Å². The van der Waals surface area contributed by atoms with Crippen LogP contribution < -0.4 is 5.32 Å². The molecule has 0 radical (unpaired) electrons. The Morgan fingerprint density at radius 1 is 1.17 bits per heavy atom. The molecular formula is C33H35N3O3S2. The van der Waals surface area contributed by atoms with Crippen LogP contribution in [0.1, 0.15) is 85.9 Å². The van der Waals surface area contributed by atoms with E-state index in [4.69, 9.17) is 14.7 Å². The van der Waals surface area contributed by atoms with E-state index in [1.54, 1.807) is 0 Å². The predicted octanol–water partition coefficient (Wildman–Crippen LogP) is 7.85. The van der Waals surface area contributed by atoms with Gasteiger partial charge in [0.25, 0.3) is 5.91 Å². The molecule has 212 valence electrons. The molecule has 1 aromatic heterocycles. The monoisotopic (exact) mass is 585 g/mol. The number of aromatic nitrogens is 1. The molecule has 1 saturated carbocycles. The number of aryl methyl sites for hydroxylation is 1. The first-order valence-corrected chi connectivity index (χ1v) is 15.8. The number of nitrogens with zero attached hydrogens (tertiary/aromatic N) is 2. The first-order chi connectivity index (χ1) is 19.5. The number of amidine groups is 1. The van der Waals surface area contributed by atoms with Crippen LogP contribution in [-0.4, -0.2) is 29.1 Å². The molecule has 41 heavy (non-hydrogen) atoms. The maximum Gasteiger partial charge on any atom is 0.312 e. The van der Waals surface area contributed by atoms with Crippen LogP contribution in [0, 0.1) is 12.3 Å². The number of carbonyl (C=O) groups excluding carboxylic acids is 2. The summed E-state index contributed by atoms with van der Waals surface area (Å²) in [7, 11) is 1.48. The highest BCUT2D eigenvalue weighted by Crippen LogP contribution is 2.65. The molecule has 1 saturated heterocycles. The fourth-order valence-corrected chi connectivity index (χ4v) is 9.13. The zero-order valence-electron chi connectivity index (χ0n) is 24.3. The lowest BCUT2D eigenvalue weighted by atomic mass is 9.50. The molecule has 2 aromatic carbocycles. The third-order valence-corrected chi connectivity index (χ3v) is 11.0. The van der Waals surface area contributed by atoms with Crippen LogP contribution in [0.4, 0.5) is 5.13 Å². The van der Waals surface area contributed by atoms with E-state index in [1.807, 2.05) is 37.3 Å². The highest BCUT2D eigenvalue weighted by molar-refractivity contribution is 8.18. The zero-order chi connectivity index (χ0) is 29.1. The van der Waals surface area contributed by atoms with Crippen LogP contribution in [0.25, 0.3) is 17.3 Å². The first kappa shape index (κ1) is 27.9. The molecular weight excluding hydrogens is 551 g/mol. The lowest BCUT2D eigenvalue weighted by Gasteiger charge is -2.53. The van der Waals surface area contributed by atoms with Gasteiger partial charge < -0.3 is 10.1 Å². The van der Waals surface area contributed by atoms with Crippen LogP contribution in [0.15, 0.2) is 52.4 Å². The molecule has 2 heterocycles. The molecule has 1 aliphatic heterocycles. The van der Waals surface area contributed by atoms with E-state index >= 15 is 0 Å². The van der Waals surface area contributed by atoms with Gasteiger partial charge in [0.05, 0.1) is 23.1 Å². The molecule has 1 amide bonds. The van der Waals surface area contributed by atoms with Gasteiger partial charge in [0.1, 0.15) is 0 Å². The number of hydrogen-bond donors (Lipinski definition) is 1. The maximum absolute atomic E-state index is 13.4. The summed E-state index contributed by atoms with van der Waals surface area (Å²) in [6.07, 6.45) is 4.58. The fraction of sp³-hybridized carbons (Fsp3) is 0.394. The molecule has 3 aliphatic rings. The van der Waals surface area contributed by atoms with E-state index in [1.165, 1.54) is 46.9 Å².